The fraction of sp³-hybridized carbons (Fsp3) is 0.667. The number of hydrogen-bond donors (Lipinski definition) is 2. The lowest BCUT2D eigenvalue weighted by Crippen LogP contribution is -2.43. The van der Waals surface area contributed by atoms with Crippen LogP contribution in [0.15, 0.2) is 24.8 Å². The molecule has 0 aromatic carbocycles. The van der Waals surface area contributed by atoms with E-state index in [0.717, 1.165) is 6.42 Å². The molecule has 36 heavy (non-hydrogen) atoms. The number of ether oxygens (including phenoxy) is 4. The maximum atomic E-state index is 12.2. The van der Waals surface area contributed by atoms with Gasteiger partial charge in [0, 0.05) is 12.6 Å². The number of likely N-dealkylation sites (N-methyl/N-ethyl adjacent to an activating group) is 1. The Balaban J connectivity index is 1.27. The van der Waals surface area contributed by atoms with Gasteiger partial charge in [0.25, 0.3) is 0 Å². The van der Waals surface area contributed by atoms with Crippen LogP contribution in [0.4, 0.5) is 10.6 Å². The molecule has 0 saturated carbocycles. The van der Waals surface area contributed by atoms with E-state index >= 15 is 0 Å². The lowest BCUT2D eigenvalue weighted by atomic mass is 10.1. The number of nitrogens with two attached hydrogens (primary N) is 1. The Morgan fingerprint density at radius 1 is 1.25 bits per heavy atom. The first-order chi connectivity index (χ1) is 16.9. The van der Waals surface area contributed by atoms with Crippen molar-refractivity contribution >= 4 is 23.1 Å². The Kier molecular flexibility index (Phi) is 6.18. The average molecular weight is 502 g/mol. The van der Waals surface area contributed by atoms with Crippen LogP contribution in [-0.2, 0) is 18.9 Å². The molecule has 12 nitrogen and oxygen atoms in total. The van der Waals surface area contributed by atoms with Gasteiger partial charge in [0.2, 0.25) is 0 Å². The van der Waals surface area contributed by atoms with E-state index in [1.165, 1.54) is 6.33 Å². The van der Waals surface area contributed by atoms with Crippen molar-refractivity contribution in [1.29, 1.82) is 0 Å². The second-order valence-electron chi connectivity index (χ2n) is 11.1. The van der Waals surface area contributed by atoms with E-state index in [1.807, 2.05) is 52.3 Å². The molecule has 0 spiro atoms. The zero-order valence-corrected chi connectivity index (χ0v) is 21.5. The van der Waals surface area contributed by atoms with E-state index in [2.05, 4.69) is 31.2 Å². The number of carbonyl (C=O) groups is 1. The molecule has 2 fully saturated rings. The van der Waals surface area contributed by atoms with Crippen LogP contribution in [0, 0.1) is 0 Å². The molecular formula is C24H35N7O5. The first kappa shape index (κ1) is 24.9. The molecule has 2 saturated heterocycles. The Hall–Kier alpha value is -2.80. The highest BCUT2D eigenvalue weighted by Gasteiger charge is 2.56. The molecule has 4 heterocycles. The predicted octanol–water partition coefficient (Wildman–Crippen LogP) is 1.98. The summed E-state index contributed by atoms with van der Waals surface area (Å²) in [5, 5.41) is 2.93. The minimum absolute atomic E-state index is 0.0928. The number of nitrogens with zero attached hydrogens (tertiary/aromatic N) is 5. The lowest BCUT2D eigenvalue weighted by Gasteiger charge is -2.30. The Labute approximate surface area is 210 Å². The van der Waals surface area contributed by atoms with Crippen LogP contribution in [-0.4, -0.2) is 85.9 Å². The molecule has 3 aliphatic rings. The molecule has 196 valence electrons. The van der Waals surface area contributed by atoms with E-state index in [9.17, 15) is 4.79 Å². The fourth-order valence-electron chi connectivity index (χ4n) is 5.08. The molecule has 1 amide bonds. The van der Waals surface area contributed by atoms with Gasteiger partial charge in [-0.1, -0.05) is 12.2 Å². The molecule has 12 heteroatoms. The number of nitrogen functional groups attached to an aromatic ring is 1. The number of carbonyl (C=O) groups excluding carboxylic acids is 1. The Bertz CT molecular complexity index is 1160. The summed E-state index contributed by atoms with van der Waals surface area (Å²) in [6, 6.07) is 0.0349. The van der Waals surface area contributed by atoms with E-state index in [0.29, 0.717) is 23.5 Å². The van der Waals surface area contributed by atoms with Crippen LogP contribution in [0.1, 0.15) is 47.3 Å². The summed E-state index contributed by atoms with van der Waals surface area (Å²) in [7, 11) is 2.04. The molecule has 2 aromatic rings. The Morgan fingerprint density at radius 3 is 2.75 bits per heavy atom. The largest absolute Gasteiger partial charge is 0.444 e. The van der Waals surface area contributed by atoms with Gasteiger partial charge in [-0.15, -0.1) is 0 Å². The molecule has 5 rings (SSSR count). The third-order valence-electron chi connectivity index (χ3n) is 6.58. The zero-order valence-electron chi connectivity index (χ0n) is 21.5. The molecule has 1 aliphatic carbocycles. The second-order valence-corrected chi connectivity index (χ2v) is 11.1. The minimum atomic E-state index is -0.742. The van der Waals surface area contributed by atoms with Crippen molar-refractivity contribution < 1.29 is 23.7 Å². The first-order valence-corrected chi connectivity index (χ1v) is 12.2. The van der Waals surface area contributed by atoms with E-state index in [4.69, 9.17) is 24.7 Å². The highest BCUT2D eigenvalue weighted by Crippen LogP contribution is 2.44. The smallest absolute Gasteiger partial charge is 0.408 e. The summed E-state index contributed by atoms with van der Waals surface area (Å²) in [6.07, 6.45) is 6.16. The SMILES string of the molecule is CN(C[C@H]1O[C@@H](n2cnc3c(N)ncnc32)[C@@H]2OC(C)(C)O[C@@H]21)[C@H]1C=C[C@@H](NC(=O)OC(C)(C)C)C1. The molecular weight excluding hydrogens is 466 g/mol. The van der Waals surface area contributed by atoms with Gasteiger partial charge < -0.3 is 30.0 Å². The van der Waals surface area contributed by atoms with Gasteiger partial charge in [-0.25, -0.2) is 19.7 Å². The van der Waals surface area contributed by atoms with Crippen LogP contribution >= 0.6 is 0 Å². The molecule has 2 aliphatic heterocycles. The average Bonchev–Trinajstić information content (AvgIpc) is 3.51. The van der Waals surface area contributed by atoms with Gasteiger partial charge in [0.15, 0.2) is 23.5 Å². The highest BCUT2D eigenvalue weighted by atomic mass is 16.8. The molecule has 0 bridgehead atoms. The van der Waals surface area contributed by atoms with Crippen molar-refractivity contribution in [3.63, 3.8) is 0 Å². The van der Waals surface area contributed by atoms with Crippen molar-refractivity contribution in [2.75, 3.05) is 19.3 Å². The summed E-state index contributed by atoms with van der Waals surface area (Å²) in [5.41, 5.74) is 6.56. The fourth-order valence-corrected chi connectivity index (χ4v) is 5.08. The molecule has 6 atom stereocenters. The van der Waals surface area contributed by atoms with Gasteiger partial charge in [0.1, 0.15) is 35.8 Å². The standard InChI is InChI=1S/C24H35N7O5/c1-23(2,3)36-22(32)29-13-7-8-14(9-13)30(6)10-15-17-18(35-24(4,5)34-17)21(33-15)31-12-28-16-19(25)26-11-27-20(16)31/h7-8,11-15,17-18,21H,9-10H2,1-6H3,(H,29,32)(H2,25,26,27)/t13-,14+,15-,17-,18-,21-/m1/s1. The van der Waals surface area contributed by atoms with Crippen LogP contribution in [0.2, 0.25) is 0 Å². The van der Waals surface area contributed by atoms with Crippen molar-refractivity contribution in [2.24, 2.45) is 0 Å². The number of hydrogen-bond acceptors (Lipinski definition) is 10. The normalized spacial score (nSPS) is 31.3. The zero-order chi connectivity index (χ0) is 25.8. The number of rotatable bonds is 5. The van der Waals surface area contributed by atoms with Crippen LogP contribution in [0.25, 0.3) is 11.2 Å². The second kappa shape index (κ2) is 8.94. The molecule has 3 N–H and O–H groups in total. The maximum absolute atomic E-state index is 12.2. The van der Waals surface area contributed by atoms with Crippen molar-refractivity contribution in [2.45, 2.75) is 89.1 Å². The highest BCUT2D eigenvalue weighted by molar-refractivity contribution is 5.81. The summed E-state index contributed by atoms with van der Waals surface area (Å²) >= 11 is 0. The monoisotopic (exact) mass is 501 g/mol. The van der Waals surface area contributed by atoms with Gasteiger partial charge in [-0.2, -0.15) is 0 Å². The number of nitrogens with one attached hydrogen (secondary N) is 1. The summed E-state index contributed by atoms with van der Waals surface area (Å²) in [5.74, 6) is -0.426. The lowest BCUT2D eigenvalue weighted by molar-refractivity contribution is -0.198. The minimum Gasteiger partial charge on any atom is -0.444 e. The Morgan fingerprint density at radius 2 is 2.00 bits per heavy atom. The van der Waals surface area contributed by atoms with Crippen molar-refractivity contribution in [3.8, 4) is 0 Å². The number of alkyl carbamates (subject to hydrolysis) is 1. The summed E-state index contributed by atoms with van der Waals surface area (Å²) in [4.78, 5) is 27.2. The number of anilines is 1. The van der Waals surface area contributed by atoms with E-state index in [-0.39, 0.29) is 30.4 Å². The van der Waals surface area contributed by atoms with Crippen LogP contribution in [0.3, 0.4) is 0 Å². The van der Waals surface area contributed by atoms with Gasteiger partial charge >= 0.3 is 6.09 Å². The van der Waals surface area contributed by atoms with Crippen LogP contribution < -0.4 is 11.1 Å². The van der Waals surface area contributed by atoms with Crippen LogP contribution in [0.5, 0.6) is 0 Å². The van der Waals surface area contributed by atoms with Gasteiger partial charge in [0.05, 0.1) is 12.4 Å². The number of aromatic nitrogens is 4. The maximum Gasteiger partial charge on any atom is 0.408 e. The number of imidazole rings is 1. The van der Waals surface area contributed by atoms with E-state index < -0.39 is 23.7 Å². The summed E-state index contributed by atoms with van der Waals surface area (Å²) in [6.45, 7) is 9.96. The number of amides is 1. The molecule has 0 radical (unpaired) electrons. The van der Waals surface area contributed by atoms with Crippen molar-refractivity contribution in [1.82, 2.24) is 29.7 Å². The molecule has 0 unspecified atom stereocenters. The first-order valence-electron chi connectivity index (χ1n) is 12.2. The third kappa shape index (κ3) is 4.90. The third-order valence-corrected chi connectivity index (χ3v) is 6.58. The molecule has 2 aromatic heterocycles. The predicted molar refractivity (Wildman–Crippen MR) is 131 cm³/mol. The summed E-state index contributed by atoms with van der Waals surface area (Å²) < 4.78 is 26.3. The quantitative estimate of drug-likeness (QED) is 0.585. The number of fused-ring (bicyclic) bond motifs is 2. The van der Waals surface area contributed by atoms with Gasteiger partial charge in [-0.05, 0) is 48.1 Å². The van der Waals surface area contributed by atoms with Gasteiger partial charge in [-0.3, -0.25) is 9.47 Å². The topological polar surface area (TPSA) is 139 Å². The van der Waals surface area contributed by atoms with Crippen molar-refractivity contribution in [3.05, 3.63) is 24.8 Å². The van der Waals surface area contributed by atoms with E-state index in [1.54, 1.807) is 6.33 Å².